The van der Waals surface area contributed by atoms with Gasteiger partial charge in [-0.3, -0.25) is 9.69 Å². The molecule has 1 aromatic carbocycles. The Labute approximate surface area is 143 Å². The zero-order valence-corrected chi connectivity index (χ0v) is 14.7. The fourth-order valence-corrected chi connectivity index (χ4v) is 4.02. The summed E-state index contributed by atoms with van der Waals surface area (Å²) in [5, 5.41) is 4.12. The van der Waals surface area contributed by atoms with Gasteiger partial charge in [0.15, 0.2) is 0 Å². The van der Waals surface area contributed by atoms with Gasteiger partial charge in [0.25, 0.3) is 0 Å². The van der Waals surface area contributed by atoms with Crippen LogP contribution in [0.15, 0.2) is 24.3 Å². The summed E-state index contributed by atoms with van der Waals surface area (Å²) in [5.74, 6) is 0.233. The fourth-order valence-electron chi connectivity index (χ4n) is 3.82. The number of benzene rings is 1. The molecule has 2 fully saturated rings. The van der Waals surface area contributed by atoms with Crippen LogP contribution in [0.25, 0.3) is 0 Å². The van der Waals surface area contributed by atoms with Crippen LogP contribution in [0.5, 0.6) is 0 Å². The van der Waals surface area contributed by atoms with Crippen LogP contribution >= 0.6 is 11.6 Å². The van der Waals surface area contributed by atoms with Gasteiger partial charge in [-0.25, -0.2) is 0 Å². The summed E-state index contributed by atoms with van der Waals surface area (Å²) in [6.07, 6.45) is 2.38. The normalized spacial score (nSPS) is 29.0. The quantitative estimate of drug-likeness (QED) is 0.922. The molecule has 2 heterocycles. The summed E-state index contributed by atoms with van der Waals surface area (Å²) < 4.78 is 0. The van der Waals surface area contributed by atoms with Crippen molar-refractivity contribution < 1.29 is 4.79 Å². The number of hydrogen-bond acceptors (Lipinski definition) is 3. The van der Waals surface area contributed by atoms with Crippen molar-refractivity contribution in [2.24, 2.45) is 0 Å². The predicted molar refractivity (Wildman–Crippen MR) is 93.6 cm³/mol. The van der Waals surface area contributed by atoms with Crippen LogP contribution in [0.4, 0.5) is 0 Å². The molecule has 1 N–H and O–H groups in total. The lowest BCUT2D eigenvalue weighted by Crippen LogP contribution is -2.52. The van der Waals surface area contributed by atoms with Crippen LogP contribution in [0, 0.1) is 0 Å². The van der Waals surface area contributed by atoms with Gasteiger partial charge in [0.05, 0.1) is 12.6 Å². The monoisotopic (exact) mass is 335 g/mol. The summed E-state index contributed by atoms with van der Waals surface area (Å²) >= 11 is 6.13. The molecule has 4 nitrogen and oxygen atoms in total. The molecule has 0 radical (unpaired) electrons. The highest BCUT2D eigenvalue weighted by Gasteiger charge is 2.33. The molecule has 2 aliphatic rings. The molecule has 126 valence electrons. The first-order valence-electron chi connectivity index (χ1n) is 8.57. The number of carbonyl (C=O) groups is 1. The van der Waals surface area contributed by atoms with E-state index in [-0.39, 0.29) is 11.9 Å². The van der Waals surface area contributed by atoms with E-state index in [0.717, 1.165) is 30.2 Å². The van der Waals surface area contributed by atoms with E-state index < -0.39 is 0 Å². The number of amides is 1. The smallest absolute Gasteiger partial charge is 0.237 e. The van der Waals surface area contributed by atoms with Gasteiger partial charge < -0.3 is 10.2 Å². The molecule has 0 spiro atoms. The Morgan fingerprint density at radius 1 is 1.30 bits per heavy atom. The van der Waals surface area contributed by atoms with Crippen molar-refractivity contribution >= 4 is 17.5 Å². The van der Waals surface area contributed by atoms with E-state index in [1.54, 1.807) is 0 Å². The van der Waals surface area contributed by atoms with Crippen molar-refractivity contribution in [1.82, 2.24) is 15.1 Å². The lowest BCUT2D eigenvalue weighted by Gasteiger charge is -2.38. The van der Waals surface area contributed by atoms with E-state index in [9.17, 15) is 4.79 Å². The molecule has 2 saturated heterocycles. The molecular weight excluding hydrogens is 310 g/mol. The second-order valence-electron chi connectivity index (χ2n) is 6.81. The van der Waals surface area contributed by atoms with Gasteiger partial charge >= 0.3 is 0 Å². The fraction of sp³-hybridized carbons (Fsp3) is 0.611. The largest absolute Gasteiger partial charge is 0.332 e. The Morgan fingerprint density at radius 2 is 2.04 bits per heavy atom. The van der Waals surface area contributed by atoms with Gasteiger partial charge in [0.2, 0.25) is 5.91 Å². The van der Waals surface area contributed by atoms with E-state index in [4.69, 9.17) is 11.6 Å². The van der Waals surface area contributed by atoms with Gasteiger partial charge in [-0.15, -0.1) is 0 Å². The molecule has 1 amide bonds. The molecule has 0 bridgehead atoms. The van der Waals surface area contributed by atoms with Gasteiger partial charge in [-0.05, 0) is 44.4 Å². The summed E-state index contributed by atoms with van der Waals surface area (Å²) in [4.78, 5) is 17.3. The Hall–Kier alpha value is -1.10. The second kappa shape index (κ2) is 7.20. The zero-order chi connectivity index (χ0) is 16.4. The Kier molecular flexibility index (Phi) is 5.24. The number of halogens is 1. The third-order valence-corrected chi connectivity index (χ3v) is 5.48. The maximum atomic E-state index is 12.9. The maximum Gasteiger partial charge on any atom is 0.237 e. The van der Waals surface area contributed by atoms with E-state index in [1.807, 2.05) is 23.1 Å². The average Bonchev–Trinajstić information content (AvgIpc) is 2.87. The number of carbonyl (C=O) groups excluding carboxylic acids is 1. The minimum Gasteiger partial charge on any atom is -0.332 e. The molecule has 3 unspecified atom stereocenters. The van der Waals surface area contributed by atoms with Crippen LogP contribution in [0.1, 0.15) is 38.3 Å². The molecule has 3 rings (SSSR count). The minimum absolute atomic E-state index is 0.0724. The molecule has 5 heteroatoms. The van der Waals surface area contributed by atoms with Gasteiger partial charge in [-0.1, -0.05) is 23.7 Å². The van der Waals surface area contributed by atoms with Crippen LogP contribution in [0.2, 0.25) is 5.02 Å². The van der Waals surface area contributed by atoms with Crippen LogP contribution in [-0.4, -0.2) is 54.0 Å². The van der Waals surface area contributed by atoms with Crippen molar-refractivity contribution in [3.8, 4) is 0 Å². The third-order valence-electron chi connectivity index (χ3n) is 5.25. The van der Waals surface area contributed by atoms with Crippen molar-refractivity contribution in [1.29, 1.82) is 0 Å². The molecule has 0 saturated carbocycles. The molecule has 3 atom stereocenters. The lowest BCUT2D eigenvalue weighted by molar-refractivity contribution is -0.136. The van der Waals surface area contributed by atoms with Crippen LogP contribution in [0.3, 0.4) is 0 Å². The summed E-state index contributed by atoms with van der Waals surface area (Å²) in [6.45, 7) is 7.38. The van der Waals surface area contributed by atoms with Gasteiger partial charge in [0.1, 0.15) is 0 Å². The number of rotatable bonds is 3. The molecular formula is C18H26ClN3O. The summed E-state index contributed by atoms with van der Waals surface area (Å²) in [7, 11) is 0. The van der Waals surface area contributed by atoms with Crippen molar-refractivity contribution in [3.63, 3.8) is 0 Å². The first-order valence-corrected chi connectivity index (χ1v) is 8.95. The summed E-state index contributed by atoms with van der Waals surface area (Å²) in [5.41, 5.74) is 1.11. The van der Waals surface area contributed by atoms with Crippen molar-refractivity contribution in [2.45, 2.75) is 44.8 Å². The highest BCUT2D eigenvalue weighted by atomic mass is 35.5. The zero-order valence-electron chi connectivity index (χ0n) is 14.0. The standard InChI is InChI=1S/C18H26ClN3O/c1-13-6-7-14(2)22(13)12-18(23)21-9-8-20-11-17(21)15-4-3-5-16(19)10-15/h3-5,10,13-14,17,20H,6-9,11-12H2,1-2H3. The maximum absolute atomic E-state index is 12.9. The van der Waals surface area contributed by atoms with E-state index in [2.05, 4.69) is 30.1 Å². The minimum atomic E-state index is 0.0724. The Morgan fingerprint density at radius 3 is 2.74 bits per heavy atom. The number of nitrogens with one attached hydrogen (secondary N) is 1. The highest BCUT2D eigenvalue weighted by Crippen LogP contribution is 2.27. The Bertz CT molecular complexity index is 555. The number of likely N-dealkylation sites (tertiary alicyclic amines) is 1. The molecule has 0 aliphatic carbocycles. The first kappa shape index (κ1) is 16.7. The third kappa shape index (κ3) is 3.70. The van der Waals surface area contributed by atoms with Crippen molar-refractivity contribution in [2.75, 3.05) is 26.2 Å². The van der Waals surface area contributed by atoms with Crippen molar-refractivity contribution in [3.05, 3.63) is 34.9 Å². The van der Waals surface area contributed by atoms with Crippen LogP contribution in [-0.2, 0) is 4.79 Å². The first-order chi connectivity index (χ1) is 11.1. The average molecular weight is 336 g/mol. The molecule has 23 heavy (non-hydrogen) atoms. The SMILES string of the molecule is CC1CCC(C)N1CC(=O)N1CCNCC1c1cccc(Cl)c1. The topological polar surface area (TPSA) is 35.6 Å². The van der Waals surface area contributed by atoms with Gasteiger partial charge in [0, 0.05) is 36.7 Å². The Balaban J connectivity index is 1.74. The van der Waals surface area contributed by atoms with E-state index >= 15 is 0 Å². The number of piperazine rings is 1. The number of hydrogen-bond donors (Lipinski definition) is 1. The summed E-state index contributed by atoms with van der Waals surface area (Å²) in [6, 6.07) is 8.94. The van der Waals surface area contributed by atoms with Crippen LogP contribution < -0.4 is 5.32 Å². The number of nitrogens with zero attached hydrogens (tertiary/aromatic N) is 2. The van der Waals surface area contributed by atoms with Gasteiger partial charge in [-0.2, -0.15) is 0 Å². The predicted octanol–water partition coefficient (Wildman–Crippen LogP) is 2.69. The van der Waals surface area contributed by atoms with E-state index in [1.165, 1.54) is 12.8 Å². The van der Waals surface area contributed by atoms with E-state index in [0.29, 0.717) is 18.6 Å². The molecule has 1 aromatic rings. The molecule has 0 aromatic heterocycles. The second-order valence-corrected chi connectivity index (χ2v) is 7.25. The molecule has 2 aliphatic heterocycles. The lowest BCUT2D eigenvalue weighted by atomic mass is 10.0. The highest BCUT2D eigenvalue weighted by molar-refractivity contribution is 6.30.